The highest BCUT2D eigenvalue weighted by molar-refractivity contribution is 9.10. The molecule has 0 saturated carbocycles. The Labute approximate surface area is 95.1 Å². The van der Waals surface area contributed by atoms with Crippen molar-refractivity contribution in [1.29, 1.82) is 0 Å². The minimum atomic E-state index is 0.0156. The number of aromatic nitrogens is 3. The maximum Gasteiger partial charge on any atom is 0.184 e. The van der Waals surface area contributed by atoms with Gasteiger partial charge in [0.1, 0.15) is 19.2 Å². The highest BCUT2D eigenvalue weighted by Gasteiger charge is 2.06. The van der Waals surface area contributed by atoms with Crippen molar-refractivity contribution in [2.45, 2.75) is 6.54 Å². The van der Waals surface area contributed by atoms with Crippen molar-refractivity contribution in [1.82, 2.24) is 14.8 Å². The number of carbonyl (C=O) groups excluding carboxylic acids is 1. The van der Waals surface area contributed by atoms with Crippen LogP contribution in [0.25, 0.3) is 0 Å². The summed E-state index contributed by atoms with van der Waals surface area (Å²) in [4.78, 5) is 15.5. The molecule has 2 aromatic rings. The zero-order chi connectivity index (χ0) is 10.7. The Morgan fingerprint density at radius 2 is 2.33 bits per heavy atom. The van der Waals surface area contributed by atoms with Crippen LogP contribution in [-0.4, -0.2) is 20.5 Å². The fraction of sp³-hybridized carbons (Fsp3) is 0.100. The summed E-state index contributed by atoms with van der Waals surface area (Å²) < 4.78 is 2.40. The Morgan fingerprint density at radius 1 is 1.47 bits per heavy atom. The van der Waals surface area contributed by atoms with E-state index < -0.39 is 0 Å². The molecule has 0 saturated heterocycles. The number of benzene rings is 1. The van der Waals surface area contributed by atoms with Crippen LogP contribution in [0.4, 0.5) is 0 Å². The first kappa shape index (κ1) is 10.0. The van der Waals surface area contributed by atoms with E-state index >= 15 is 0 Å². The first-order chi connectivity index (χ1) is 7.25. The third-order valence-corrected chi connectivity index (χ3v) is 2.41. The van der Waals surface area contributed by atoms with Crippen molar-refractivity contribution in [2.75, 3.05) is 0 Å². The van der Waals surface area contributed by atoms with Gasteiger partial charge in [0.05, 0.1) is 0 Å². The smallest absolute Gasteiger partial charge is 0.184 e. The molecule has 2 rings (SSSR count). The lowest BCUT2D eigenvalue weighted by molar-refractivity contribution is 0.0967. The van der Waals surface area contributed by atoms with E-state index in [1.165, 1.54) is 17.3 Å². The summed E-state index contributed by atoms with van der Waals surface area (Å²) in [5.74, 6) is 0.0156. The van der Waals surface area contributed by atoms with Crippen LogP contribution in [-0.2, 0) is 6.54 Å². The SMILES string of the molecule is O=C(Cn1cncn1)c1cccc(Br)c1. The van der Waals surface area contributed by atoms with Crippen LogP contribution in [0, 0.1) is 0 Å². The second kappa shape index (κ2) is 4.35. The normalized spacial score (nSPS) is 10.2. The lowest BCUT2D eigenvalue weighted by Gasteiger charge is -2.01. The molecule has 0 unspecified atom stereocenters. The van der Waals surface area contributed by atoms with Gasteiger partial charge in [-0.1, -0.05) is 28.1 Å². The van der Waals surface area contributed by atoms with Gasteiger partial charge in [-0.3, -0.25) is 4.79 Å². The van der Waals surface area contributed by atoms with E-state index in [1.54, 1.807) is 12.1 Å². The van der Waals surface area contributed by atoms with E-state index in [0.717, 1.165) is 4.47 Å². The third kappa shape index (κ3) is 2.50. The quantitative estimate of drug-likeness (QED) is 0.797. The molecule has 4 nitrogen and oxygen atoms in total. The van der Waals surface area contributed by atoms with Crippen LogP contribution in [0.3, 0.4) is 0 Å². The molecule has 0 fully saturated rings. The molecule has 5 heteroatoms. The second-order valence-corrected chi connectivity index (χ2v) is 3.94. The fourth-order valence-electron chi connectivity index (χ4n) is 1.21. The molecular weight excluding hydrogens is 258 g/mol. The summed E-state index contributed by atoms with van der Waals surface area (Å²) in [6.45, 7) is 0.219. The van der Waals surface area contributed by atoms with Gasteiger partial charge in [-0.05, 0) is 12.1 Å². The lowest BCUT2D eigenvalue weighted by atomic mass is 10.1. The van der Waals surface area contributed by atoms with E-state index in [1.807, 2.05) is 12.1 Å². The summed E-state index contributed by atoms with van der Waals surface area (Å²) in [5, 5.41) is 3.88. The van der Waals surface area contributed by atoms with Crippen LogP contribution in [0.15, 0.2) is 41.4 Å². The first-order valence-corrected chi connectivity index (χ1v) is 5.16. The summed E-state index contributed by atoms with van der Waals surface area (Å²) >= 11 is 3.32. The second-order valence-electron chi connectivity index (χ2n) is 3.03. The van der Waals surface area contributed by atoms with Gasteiger partial charge in [-0.2, -0.15) is 5.10 Å². The highest BCUT2D eigenvalue weighted by Crippen LogP contribution is 2.12. The number of hydrogen-bond acceptors (Lipinski definition) is 3. The van der Waals surface area contributed by atoms with Crippen molar-refractivity contribution >= 4 is 21.7 Å². The molecule has 1 heterocycles. The molecule has 0 atom stereocenters. The van der Waals surface area contributed by atoms with Crippen LogP contribution >= 0.6 is 15.9 Å². The third-order valence-electron chi connectivity index (χ3n) is 1.92. The first-order valence-electron chi connectivity index (χ1n) is 4.37. The van der Waals surface area contributed by atoms with E-state index in [4.69, 9.17) is 0 Å². The Hall–Kier alpha value is -1.49. The molecule has 0 amide bonds. The zero-order valence-electron chi connectivity index (χ0n) is 7.80. The fourth-order valence-corrected chi connectivity index (χ4v) is 1.61. The van der Waals surface area contributed by atoms with Gasteiger partial charge < -0.3 is 0 Å². The van der Waals surface area contributed by atoms with Crippen LogP contribution in [0.5, 0.6) is 0 Å². The number of carbonyl (C=O) groups is 1. The molecule has 0 bridgehead atoms. The van der Waals surface area contributed by atoms with Gasteiger partial charge in [0.2, 0.25) is 0 Å². The maximum atomic E-state index is 11.8. The molecule has 0 radical (unpaired) electrons. The Morgan fingerprint density at radius 3 is 3.00 bits per heavy atom. The summed E-state index contributed by atoms with van der Waals surface area (Å²) in [6.07, 6.45) is 2.93. The number of nitrogens with zero attached hydrogens (tertiary/aromatic N) is 3. The number of ketones is 1. The Bertz CT molecular complexity index is 467. The van der Waals surface area contributed by atoms with E-state index in [2.05, 4.69) is 26.0 Å². The van der Waals surface area contributed by atoms with Crippen LogP contribution < -0.4 is 0 Å². The monoisotopic (exact) mass is 265 g/mol. The largest absolute Gasteiger partial charge is 0.292 e. The van der Waals surface area contributed by atoms with Crippen molar-refractivity contribution in [3.8, 4) is 0 Å². The van der Waals surface area contributed by atoms with E-state index in [0.29, 0.717) is 5.56 Å². The topological polar surface area (TPSA) is 47.8 Å². The van der Waals surface area contributed by atoms with Crippen LogP contribution in [0.2, 0.25) is 0 Å². The molecular formula is C10H8BrN3O. The predicted octanol–water partition coefficient (Wildman–Crippen LogP) is 1.92. The highest BCUT2D eigenvalue weighted by atomic mass is 79.9. The molecule has 15 heavy (non-hydrogen) atoms. The number of hydrogen-bond donors (Lipinski definition) is 0. The van der Waals surface area contributed by atoms with E-state index in [9.17, 15) is 4.79 Å². The summed E-state index contributed by atoms with van der Waals surface area (Å²) in [7, 11) is 0. The summed E-state index contributed by atoms with van der Waals surface area (Å²) in [5.41, 5.74) is 0.667. The Kier molecular flexibility index (Phi) is 2.91. The van der Waals surface area contributed by atoms with E-state index in [-0.39, 0.29) is 12.3 Å². The minimum Gasteiger partial charge on any atom is -0.292 e. The maximum absolute atomic E-state index is 11.8. The van der Waals surface area contributed by atoms with Gasteiger partial charge in [0.15, 0.2) is 5.78 Å². The van der Waals surface area contributed by atoms with Gasteiger partial charge >= 0.3 is 0 Å². The molecule has 0 spiro atoms. The standard InChI is InChI=1S/C10H8BrN3O/c11-9-3-1-2-8(4-9)10(15)5-14-7-12-6-13-14/h1-4,6-7H,5H2. The molecule has 0 N–H and O–H groups in total. The van der Waals surface area contributed by atoms with Crippen molar-refractivity contribution in [3.05, 3.63) is 47.0 Å². The van der Waals surface area contributed by atoms with Gasteiger partial charge in [0.25, 0.3) is 0 Å². The average molecular weight is 266 g/mol. The van der Waals surface area contributed by atoms with Gasteiger partial charge in [0, 0.05) is 10.0 Å². The number of Topliss-reactive ketones (excluding diaryl/α,β-unsaturated/α-hetero) is 1. The van der Waals surface area contributed by atoms with Crippen molar-refractivity contribution in [2.24, 2.45) is 0 Å². The summed E-state index contributed by atoms with van der Waals surface area (Å²) in [6, 6.07) is 7.29. The zero-order valence-corrected chi connectivity index (χ0v) is 9.39. The lowest BCUT2D eigenvalue weighted by Crippen LogP contribution is -2.10. The average Bonchev–Trinajstić information content (AvgIpc) is 2.70. The predicted molar refractivity (Wildman–Crippen MR) is 58.5 cm³/mol. The van der Waals surface area contributed by atoms with Gasteiger partial charge in [-0.15, -0.1) is 0 Å². The minimum absolute atomic E-state index is 0.0156. The van der Waals surface area contributed by atoms with Crippen molar-refractivity contribution < 1.29 is 4.79 Å². The molecule has 1 aromatic heterocycles. The van der Waals surface area contributed by atoms with Crippen molar-refractivity contribution in [3.63, 3.8) is 0 Å². The van der Waals surface area contributed by atoms with Crippen LogP contribution in [0.1, 0.15) is 10.4 Å². The number of halogens is 1. The molecule has 0 aliphatic rings. The Balaban J connectivity index is 2.15. The molecule has 0 aliphatic heterocycles. The molecule has 76 valence electrons. The molecule has 0 aliphatic carbocycles. The number of rotatable bonds is 3. The van der Waals surface area contributed by atoms with Gasteiger partial charge in [-0.25, -0.2) is 9.67 Å². The molecule has 1 aromatic carbocycles.